The molecule has 0 atom stereocenters. The Bertz CT molecular complexity index is 232. The van der Waals surface area contributed by atoms with Crippen LogP contribution in [0.1, 0.15) is 12.2 Å². The summed E-state index contributed by atoms with van der Waals surface area (Å²) in [7, 11) is 0. The molecule has 0 aliphatic carbocycles. The van der Waals surface area contributed by atoms with Crippen molar-refractivity contribution < 1.29 is 0 Å². The van der Waals surface area contributed by atoms with Crippen molar-refractivity contribution in [1.29, 1.82) is 0 Å². The van der Waals surface area contributed by atoms with Crippen molar-refractivity contribution in [2.45, 2.75) is 6.42 Å². The number of hydrogen-bond donors (Lipinski definition) is 1. The molecule has 1 heterocycles. The molecule has 0 spiro atoms. The average molecular weight is 147 g/mol. The fraction of sp³-hybridized carbons (Fsp3) is 0.111. The summed E-state index contributed by atoms with van der Waals surface area (Å²) in [6, 6.07) is 0. The number of nitrogens with one attached hydrogen (secondary N) is 1. The number of imidazole rings is 1. The highest BCUT2D eigenvalue weighted by Crippen LogP contribution is 1.92. The molecule has 0 amide bonds. The molecule has 0 aliphatic rings. The summed E-state index contributed by atoms with van der Waals surface area (Å²) < 4.78 is 0. The van der Waals surface area contributed by atoms with Crippen LogP contribution in [0, 0.1) is 6.92 Å². The Morgan fingerprint density at radius 1 is 1.55 bits per heavy atom. The lowest BCUT2D eigenvalue weighted by molar-refractivity contribution is 1.26. The Kier molecular flexibility index (Phi) is 3.19. The van der Waals surface area contributed by atoms with Gasteiger partial charge in [-0.05, 0) is 19.4 Å². The van der Waals surface area contributed by atoms with Gasteiger partial charge in [-0.15, -0.1) is 0 Å². The van der Waals surface area contributed by atoms with Gasteiger partial charge in [0.1, 0.15) is 5.82 Å². The van der Waals surface area contributed by atoms with Crippen LogP contribution in [0.15, 0.2) is 30.6 Å². The van der Waals surface area contributed by atoms with Gasteiger partial charge in [-0.1, -0.05) is 18.2 Å². The predicted octanol–water partition coefficient (Wildman–Crippen LogP) is 2.20. The van der Waals surface area contributed by atoms with E-state index in [1.807, 2.05) is 24.3 Å². The molecule has 1 N–H and O–H groups in total. The molecular formula is C9H11N2. The third-order valence-corrected chi connectivity index (χ3v) is 1.19. The zero-order chi connectivity index (χ0) is 7.94. The van der Waals surface area contributed by atoms with Crippen LogP contribution in [0.2, 0.25) is 0 Å². The average Bonchev–Trinajstić information content (AvgIpc) is 2.50. The van der Waals surface area contributed by atoms with Gasteiger partial charge in [-0.25, -0.2) is 4.98 Å². The Morgan fingerprint density at radius 3 is 3.09 bits per heavy atom. The van der Waals surface area contributed by atoms with Crippen molar-refractivity contribution in [3.63, 3.8) is 0 Å². The topological polar surface area (TPSA) is 28.7 Å². The number of H-pyrrole nitrogens is 1. The summed E-state index contributed by atoms with van der Waals surface area (Å²) in [5.74, 6) is 0.874. The van der Waals surface area contributed by atoms with Crippen molar-refractivity contribution in [1.82, 2.24) is 9.97 Å². The number of allylic oxidation sites excluding steroid dienone is 3. The van der Waals surface area contributed by atoms with Crippen LogP contribution < -0.4 is 0 Å². The summed E-state index contributed by atoms with van der Waals surface area (Å²) >= 11 is 0. The van der Waals surface area contributed by atoms with E-state index in [0.29, 0.717) is 0 Å². The molecule has 11 heavy (non-hydrogen) atoms. The minimum absolute atomic E-state index is 0.822. The van der Waals surface area contributed by atoms with Crippen LogP contribution in [0.3, 0.4) is 0 Å². The lowest BCUT2D eigenvalue weighted by Crippen LogP contribution is -1.70. The van der Waals surface area contributed by atoms with Gasteiger partial charge in [0.2, 0.25) is 0 Å². The Labute approximate surface area is 66.7 Å². The van der Waals surface area contributed by atoms with Gasteiger partial charge < -0.3 is 4.98 Å². The Hall–Kier alpha value is -1.31. The molecule has 2 nitrogen and oxygen atoms in total. The first-order valence-corrected chi connectivity index (χ1v) is 3.55. The maximum atomic E-state index is 4.02. The molecule has 1 rings (SSSR count). The molecule has 0 aliphatic heterocycles. The van der Waals surface area contributed by atoms with E-state index in [9.17, 15) is 0 Å². The largest absolute Gasteiger partial charge is 0.345 e. The SMILES string of the molecule is [CH2]CC=CC=Cc1ncc[nH]1. The lowest BCUT2D eigenvalue weighted by Gasteiger charge is -1.79. The van der Waals surface area contributed by atoms with E-state index in [4.69, 9.17) is 0 Å². The summed E-state index contributed by atoms with van der Waals surface area (Å²) in [6.07, 6.45) is 12.1. The normalized spacial score (nSPS) is 11.7. The molecule has 0 bridgehead atoms. The van der Waals surface area contributed by atoms with E-state index in [1.54, 1.807) is 12.4 Å². The fourth-order valence-corrected chi connectivity index (χ4v) is 0.690. The molecular weight excluding hydrogens is 136 g/mol. The first kappa shape index (κ1) is 7.79. The van der Waals surface area contributed by atoms with Crippen molar-refractivity contribution in [3.8, 4) is 0 Å². The third kappa shape index (κ3) is 2.85. The van der Waals surface area contributed by atoms with E-state index >= 15 is 0 Å². The van der Waals surface area contributed by atoms with Crippen molar-refractivity contribution in [3.05, 3.63) is 43.4 Å². The first-order chi connectivity index (χ1) is 5.43. The smallest absolute Gasteiger partial charge is 0.129 e. The zero-order valence-electron chi connectivity index (χ0n) is 6.33. The summed E-state index contributed by atoms with van der Waals surface area (Å²) in [6.45, 7) is 3.68. The minimum atomic E-state index is 0.822. The zero-order valence-corrected chi connectivity index (χ0v) is 6.33. The van der Waals surface area contributed by atoms with Crippen LogP contribution in [0.25, 0.3) is 6.08 Å². The maximum absolute atomic E-state index is 4.02. The number of nitrogens with zero attached hydrogens (tertiary/aromatic N) is 1. The van der Waals surface area contributed by atoms with E-state index in [-0.39, 0.29) is 0 Å². The van der Waals surface area contributed by atoms with Crippen LogP contribution in [-0.4, -0.2) is 9.97 Å². The lowest BCUT2D eigenvalue weighted by atomic mass is 10.4. The molecule has 1 radical (unpaired) electrons. The van der Waals surface area contributed by atoms with Crippen LogP contribution >= 0.6 is 0 Å². The molecule has 2 heteroatoms. The molecule has 1 aromatic rings. The van der Waals surface area contributed by atoms with Gasteiger partial charge in [0.05, 0.1) is 0 Å². The first-order valence-electron chi connectivity index (χ1n) is 3.55. The number of aromatic amines is 1. The van der Waals surface area contributed by atoms with Crippen molar-refractivity contribution in [2.24, 2.45) is 0 Å². The molecule has 1 aromatic heterocycles. The van der Waals surface area contributed by atoms with Crippen molar-refractivity contribution >= 4 is 6.08 Å². The monoisotopic (exact) mass is 147 g/mol. The summed E-state index contributed by atoms with van der Waals surface area (Å²) in [5.41, 5.74) is 0. The fourth-order valence-electron chi connectivity index (χ4n) is 0.690. The number of rotatable bonds is 3. The van der Waals surface area contributed by atoms with Crippen LogP contribution in [0.4, 0.5) is 0 Å². The standard InChI is InChI=1S/C9H11N2/c1-2-3-4-5-6-9-10-7-8-11-9/h3-8H,1-2H2,(H,10,11). The van der Waals surface area contributed by atoms with Gasteiger partial charge in [0.25, 0.3) is 0 Å². The van der Waals surface area contributed by atoms with Crippen LogP contribution in [-0.2, 0) is 0 Å². The van der Waals surface area contributed by atoms with E-state index < -0.39 is 0 Å². The van der Waals surface area contributed by atoms with E-state index in [2.05, 4.69) is 16.9 Å². The Balaban J connectivity index is 2.43. The molecule has 57 valence electrons. The molecule has 0 unspecified atom stereocenters. The molecule has 0 saturated heterocycles. The van der Waals surface area contributed by atoms with Gasteiger partial charge in [-0.2, -0.15) is 0 Å². The highest BCUT2D eigenvalue weighted by molar-refractivity contribution is 5.42. The highest BCUT2D eigenvalue weighted by atomic mass is 14.9. The predicted molar refractivity (Wildman–Crippen MR) is 46.7 cm³/mol. The molecule has 0 saturated carbocycles. The highest BCUT2D eigenvalue weighted by Gasteiger charge is 1.81. The van der Waals surface area contributed by atoms with Gasteiger partial charge >= 0.3 is 0 Å². The number of hydrogen-bond acceptors (Lipinski definition) is 1. The van der Waals surface area contributed by atoms with Crippen molar-refractivity contribution in [2.75, 3.05) is 0 Å². The van der Waals surface area contributed by atoms with E-state index in [0.717, 1.165) is 12.2 Å². The Morgan fingerprint density at radius 2 is 2.45 bits per heavy atom. The van der Waals surface area contributed by atoms with Gasteiger partial charge in [0, 0.05) is 12.4 Å². The second-order valence-corrected chi connectivity index (χ2v) is 2.05. The van der Waals surface area contributed by atoms with Gasteiger partial charge in [0.15, 0.2) is 0 Å². The molecule has 0 fully saturated rings. The second-order valence-electron chi connectivity index (χ2n) is 2.05. The van der Waals surface area contributed by atoms with Crippen LogP contribution in [0.5, 0.6) is 0 Å². The quantitative estimate of drug-likeness (QED) is 0.652. The molecule has 0 aromatic carbocycles. The third-order valence-electron chi connectivity index (χ3n) is 1.19. The maximum Gasteiger partial charge on any atom is 0.129 e. The second kappa shape index (κ2) is 4.50. The summed E-state index contributed by atoms with van der Waals surface area (Å²) in [5, 5.41) is 0. The van der Waals surface area contributed by atoms with Gasteiger partial charge in [-0.3, -0.25) is 0 Å². The van der Waals surface area contributed by atoms with E-state index in [1.165, 1.54) is 0 Å². The summed E-state index contributed by atoms with van der Waals surface area (Å²) in [4.78, 5) is 6.99. The number of aromatic nitrogens is 2. The minimum Gasteiger partial charge on any atom is -0.345 e.